The molecule has 1 aliphatic rings. The molecule has 3 rings (SSSR count). The maximum atomic E-state index is 13.9. The van der Waals surface area contributed by atoms with Crippen LogP contribution < -0.4 is 20.1 Å². The summed E-state index contributed by atoms with van der Waals surface area (Å²) in [5.41, 5.74) is 0.933. The minimum absolute atomic E-state index is 0.0212. The predicted octanol–water partition coefficient (Wildman–Crippen LogP) is 3.48. The Morgan fingerprint density at radius 3 is 2.91 bits per heavy atom. The molecule has 1 atom stereocenters. The molecule has 2 N–H and O–H groups in total. The third kappa shape index (κ3) is 3.21. The highest BCUT2D eigenvalue weighted by molar-refractivity contribution is 5.91. The van der Waals surface area contributed by atoms with E-state index in [4.69, 9.17) is 9.47 Å². The van der Waals surface area contributed by atoms with Crippen molar-refractivity contribution in [2.75, 3.05) is 19.0 Å². The Balaban J connectivity index is 1.74. The standard InChI is InChI=1S/C17H17FN2O3/c1-22-15-8-4-6-12(18)16(15)20-17(21)19-13-9-10-23-14-7-3-2-5-11(13)14/h2-8,13H,9-10H2,1H3,(H2,19,20,21)/t13-/m1/s1. The molecular weight excluding hydrogens is 299 g/mol. The third-order valence-corrected chi connectivity index (χ3v) is 3.70. The summed E-state index contributed by atoms with van der Waals surface area (Å²) in [4.78, 5) is 12.2. The van der Waals surface area contributed by atoms with Crippen molar-refractivity contribution < 1.29 is 18.7 Å². The normalized spacial score (nSPS) is 16.0. The van der Waals surface area contributed by atoms with Crippen LogP contribution in [0.3, 0.4) is 0 Å². The second-order valence-electron chi connectivity index (χ2n) is 5.14. The van der Waals surface area contributed by atoms with Crippen LogP contribution in [0.5, 0.6) is 11.5 Å². The Morgan fingerprint density at radius 1 is 1.26 bits per heavy atom. The van der Waals surface area contributed by atoms with E-state index in [0.717, 1.165) is 11.3 Å². The number of benzene rings is 2. The molecule has 0 radical (unpaired) electrons. The quantitative estimate of drug-likeness (QED) is 0.911. The molecule has 0 aliphatic carbocycles. The van der Waals surface area contributed by atoms with Crippen molar-refractivity contribution in [1.29, 1.82) is 0 Å². The fourth-order valence-electron chi connectivity index (χ4n) is 2.60. The molecule has 1 aliphatic heterocycles. The number of rotatable bonds is 3. The van der Waals surface area contributed by atoms with E-state index in [1.807, 2.05) is 24.3 Å². The fraction of sp³-hybridized carbons (Fsp3) is 0.235. The van der Waals surface area contributed by atoms with Crippen molar-refractivity contribution in [3.8, 4) is 11.5 Å². The van der Waals surface area contributed by atoms with E-state index in [1.165, 1.54) is 19.2 Å². The summed E-state index contributed by atoms with van der Waals surface area (Å²) in [6.45, 7) is 0.519. The van der Waals surface area contributed by atoms with E-state index in [2.05, 4.69) is 10.6 Å². The maximum Gasteiger partial charge on any atom is 0.319 e. The molecule has 0 saturated heterocycles. The third-order valence-electron chi connectivity index (χ3n) is 3.70. The summed E-state index contributed by atoms with van der Waals surface area (Å²) in [5, 5.41) is 5.37. The Hall–Kier alpha value is -2.76. The molecule has 0 saturated carbocycles. The molecule has 5 nitrogen and oxygen atoms in total. The minimum Gasteiger partial charge on any atom is -0.494 e. The summed E-state index contributed by atoms with van der Waals surface area (Å²) in [7, 11) is 1.42. The van der Waals surface area contributed by atoms with Crippen LogP contribution in [0.4, 0.5) is 14.9 Å². The van der Waals surface area contributed by atoms with Gasteiger partial charge in [-0.15, -0.1) is 0 Å². The highest BCUT2D eigenvalue weighted by atomic mass is 19.1. The summed E-state index contributed by atoms with van der Waals surface area (Å²) < 4.78 is 24.5. The van der Waals surface area contributed by atoms with Gasteiger partial charge in [-0.3, -0.25) is 0 Å². The van der Waals surface area contributed by atoms with E-state index in [9.17, 15) is 9.18 Å². The van der Waals surface area contributed by atoms with E-state index >= 15 is 0 Å². The Morgan fingerprint density at radius 2 is 2.09 bits per heavy atom. The van der Waals surface area contributed by atoms with Crippen molar-refractivity contribution in [1.82, 2.24) is 5.32 Å². The lowest BCUT2D eigenvalue weighted by Crippen LogP contribution is -2.35. The zero-order chi connectivity index (χ0) is 16.2. The second kappa shape index (κ2) is 6.56. The number of carbonyl (C=O) groups excluding carboxylic acids is 1. The molecule has 0 fully saturated rings. The number of anilines is 1. The molecule has 0 aromatic heterocycles. The molecule has 23 heavy (non-hydrogen) atoms. The first-order valence-electron chi connectivity index (χ1n) is 7.31. The van der Waals surface area contributed by atoms with Gasteiger partial charge < -0.3 is 20.1 Å². The Bertz CT molecular complexity index is 721. The first-order valence-corrected chi connectivity index (χ1v) is 7.31. The predicted molar refractivity (Wildman–Crippen MR) is 84.4 cm³/mol. The van der Waals surface area contributed by atoms with Crippen molar-refractivity contribution in [2.24, 2.45) is 0 Å². The minimum atomic E-state index is -0.549. The van der Waals surface area contributed by atoms with Crippen LogP contribution >= 0.6 is 0 Å². The van der Waals surface area contributed by atoms with Crippen LogP contribution in [0, 0.1) is 5.82 Å². The van der Waals surface area contributed by atoms with Crippen LogP contribution in [0.2, 0.25) is 0 Å². The number of amides is 2. The van der Waals surface area contributed by atoms with Gasteiger partial charge in [0, 0.05) is 12.0 Å². The summed E-state index contributed by atoms with van der Waals surface area (Å²) >= 11 is 0. The highest BCUT2D eigenvalue weighted by Gasteiger charge is 2.23. The lowest BCUT2D eigenvalue weighted by molar-refractivity contribution is 0.232. The van der Waals surface area contributed by atoms with Gasteiger partial charge in [0.1, 0.15) is 17.2 Å². The number of carbonyl (C=O) groups is 1. The molecule has 0 spiro atoms. The number of hydrogen-bond donors (Lipinski definition) is 2. The van der Waals surface area contributed by atoms with E-state index < -0.39 is 11.8 Å². The van der Waals surface area contributed by atoms with Crippen molar-refractivity contribution in [3.63, 3.8) is 0 Å². The van der Waals surface area contributed by atoms with Gasteiger partial charge in [0.15, 0.2) is 5.82 Å². The van der Waals surface area contributed by atoms with Crippen molar-refractivity contribution >= 4 is 11.7 Å². The molecule has 2 aromatic rings. The average Bonchev–Trinajstić information content (AvgIpc) is 2.57. The number of nitrogens with one attached hydrogen (secondary N) is 2. The molecule has 0 bridgehead atoms. The van der Waals surface area contributed by atoms with Gasteiger partial charge in [-0.1, -0.05) is 24.3 Å². The first-order chi connectivity index (χ1) is 11.2. The van der Waals surface area contributed by atoms with Gasteiger partial charge in [0.05, 0.1) is 19.8 Å². The van der Waals surface area contributed by atoms with Gasteiger partial charge in [0.2, 0.25) is 0 Å². The van der Waals surface area contributed by atoms with Crippen LogP contribution in [-0.2, 0) is 0 Å². The Labute approximate surface area is 133 Å². The summed E-state index contributed by atoms with van der Waals surface area (Å²) in [6.07, 6.45) is 0.652. The molecule has 6 heteroatoms. The number of para-hydroxylation sites is 2. The van der Waals surface area contributed by atoms with Crippen molar-refractivity contribution in [3.05, 3.63) is 53.8 Å². The zero-order valence-corrected chi connectivity index (χ0v) is 12.6. The lowest BCUT2D eigenvalue weighted by Gasteiger charge is -2.26. The highest BCUT2D eigenvalue weighted by Crippen LogP contribution is 2.32. The van der Waals surface area contributed by atoms with Gasteiger partial charge in [-0.05, 0) is 18.2 Å². The zero-order valence-electron chi connectivity index (χ0n) is 12.6. The van der Waals surface area contributed by atoms with Crippen LogP contribution in [0.25, 0.3) is 0 Å². The fourth-order valence-corrected chi connectivity index (χ4v) is 2.60. The molecule has 2 aromatic carbocycles. The molecule has 0 unspecified atom stereocenters. The number of hydrogen-bond acceptors (Lipinski definition) is 3. The monoisotopic (exact) mass is 316 g/mol. The summed E-state index contributed by atoms with van der Waals surface area (Å²) in [5.74, 6) is 0.479. The van der Waals surface area contributed by atoms with Gasteiger partial charge in [0.25, 0.3) is 0 Å². The Kier molecular flexibility index (Phi) is 4.32. The topological polar surface area (TPSA) is 59.6 Å². The van der Waals surface area contributed by atoms with Crippen LogP contribution in [0.1, 0.15) is 18.0 Å². The number of ether oxygens (including phenoxy) is 2. The molecule has 2 amide bonds. The van der Waals surface area contributed by atoms with Crippen LogP contribution in [0.15, 0.2) is 42.5 Å². The number of urea groups is 1. The maximum absolute atomic E-state index is 13.9. The number of fused-ring (bicyclic) bond motifs is 1. The number of halogens is 1. The SMILES string of the molecule is COc1cccc(F)c1NC(=O)N[C@@H]1CCOc2ccccc21. The molecule has 1 heterocycles. The summed E-state index contributed by atoms with van der Waals surface area (Å²) in [6, 6.07) is 11.2. The largest absolute Gasteiger partial charge is 0.494 e. The van der Waals surface area contributed by atoms with Crippen LogP contribution in [-0.4, -0.2) is 19.7 Å². The first kappa shape index (κ1) is 15.1. The van der Waals surface area contributed by atoms with Gasteiger partial charge in [-0.25, -0.2) is 9.18 Å². The van der Waals surface area contributed by atoms with E-state index in [0.29, 0.717) is 13.0 Å². The second-order valence-corrected chi connectivity index (χ2v) is 5.14. The van der Waals surface area contributed by atoms with Crippen molar-refractivity contribution in [2.45, 2.75) is 12.5 Å². The van der Waals surface area contributed by atoms with E-state index in [1.54, 1.807) is 6.07 Å². The van der Waals surface area contributed by atoms with Gasteiger partial charge in [-0.2, -0.15) is 0 Å². The average molecular weight is 316 g/mol. The van der Waals surface area contributed by atoms with E-state index in [-0.39, 0.29) is 17.5 Å². The van der Waals surface area contributed by atoms with Gasteiger partial charge >= 0.3 is 6.03 Å². The molecule has 120 valence electrons. The smallest absolute Gasteiger partial charge is 0.319 e. The lowest BCUT2D eigenvalue weighted by atomic mass is 10.0. The molecular formula is C17H17FN2O3. The number of methoxy groups -OCH3 is 1.